The molecule has 0 atom stereocenters. The summed E-state index contributed by atoms with van der Waals surface area (Å²) in [5, 5.41) is 6.75. The average molecular weight is 298 g/mol. The molecule has 20 heavy (non-hydrogen) atoms. The number of nitrogens with one attached hydrogen (secondary N) is 2. The Balaban J connectivity index is 2.01. The van der Waals surface area contributed by atoms with E-state index in [1.165, 1.54) is 0 Å². The molecule has 2 N–H and O–H groups in total. The van der Waals surface area contributed by atoms with Gasteiger partial charge in [0.25, 0.3) is 0 Å². The van der Waals surface area contributed by atoms with Crippen LogP contribution in [0.4, 0.5) is 5.69 Å². The fourth-order valence-corrected chi connectivity index (χ4v) is 6.72. The Bertz CT molecular complexity index is 492. The Labute approximate surface area is 120 Å². The molecule has 6 heteroatoms. The summed E-state index contributed by atoms with van der Waals surface area (Å²) in [6.45, 7) is 9.41. The van der Waals surface area contributed by atoms with Gasteiger partial charge in [-0.3, -0.25) is 0 Å². The van der Waals surface area contributed by atoms with Crippen LogP contribution in [0.3, 0.4) is 0 Å². The molecule has 0 amide bonds. The zero-order valence-electron chi connectivity index (χ0n) is 12.5. The van der Waals surface area contributed by atoms with E-state index in [0.717, 1.165) is 5.69 Å². The SMILES string of the molecule is CC1(C)OP2(Nc3ccccc3)(NCCO2)OC1(C)C. The van der Waals surface area contributed by atoms with Gasteiger partial charge in [0.15, 0.2) is 0 Å². The topological polar surface area (TPSA) is 51.8 Å². The summed E-state index contributed by atoms with van der Waals surface area (Å²) >= 11 is 0. The van der Waals surface area contributed by atoms with E-state index in [1.54, 1.807) is 0 Å². The van der Waals surface area contributed by atoms with Crippen LogP contribution in [-0.2, 0) is 13.6 Å². The number of anilines is 1. The van der Waals surface area contributed by atoms with Crippen LogP contribution in [0.15, 0.2) is 30.3 Å². The number of benzene rings is 1. The first kappa shape index (κ1) is 14.2. The minimum atomic E-state index is -3.52. The van der Waals surface area contributed by atoms with E-state index in [-0.39, 0.29) is 0 Å². The minimum absolute atomic E-state index is 0.454. The van der Waals surface area contributed by atoms with Gasteiger partial charge < -0.3 is 0 Å². The zero-order valence-corrected chi connectivity index (χ0v) is 13.4. The molecular weight excluding hydrogens is 275 g/mol. The molecule has 2 aliphatic heterocycles. The molecule has 5 nitrogen and oxygen atoms in total. The molecule has 1 aromatic carbocycles. The second-order valence-electron chi connectivity index (χ2n) is 6.31. The summed E-state index contributed by atoms with van der Waals surface area (Å²) < 4.78 is 18.8. The first-order valence-corrected chi connectivity index (χ1v) is 8.95. The van der Waals surface area contributed by atoms with Crippen LogP contribution < -0.4 is 10.2 Å². The van der Waals surface area contributed by atoms with Crippen LogP contribution in [0.25, 0.3) is 0 Å². The molecule has 0 unspecified atom stereocenters. The van der Waals surface area contributed by atoms with Crippen molar-refractivity contribution in [3.63, 3.8) is 0 Å². The second kappa shape index (κ2) is 4.15. The van der Waals surface area contributed by atoms with E-state index in [9.17, 15) is 0 Å². The van der Waals surface area contributed by atoms with Gasteiger partial charge in [-0.05, 0) is 0 Å². The molecule has 0 radical (unpaired) electrons. The average Bonchev–Trinajstić information content (AvgIpc) is 2.78. The molecule has 1 aromatic rings. The first-order valence-electron chi connectivity index (χ1n) is 6.96. The Kier molecular flexibility index (Phi) is 2.96. The van der Waals surface area contributed by atoms with Crippen LogP contribution in [0, 0.1) is 0 Å². The fraction of sp³-hybridized carbons (Fsp3) is 0.571. The molecule has 1 spiro atoms. The van der Waals surface area contributed by atoms with Crippen LogP contribution in [0.2, 0.25) is 0 Å². The molecule has 2 aliphatic rings. The molecule has 112 valence electrons. The van der Waals surface area contributed by atoms with Crippen LogP contribution in [-0.4, -0.2) is 24.4 Å². The standard InChI is InChI=1S/C14H23N2O3P/c1-13(2)14(3,4)19-20(18-13,15-10-11-17-20)16-12-8-6-5-7-9-12/h5-9,15-16H,10-11H2,1-4H3. The van der Waals surface area contributed by atoms with Crippen molar-refractivity contribution in [2.45, 2.75) is 38.9 Å². The van der Waals surface area contributed by atoms with Gasteiger partial charge in [-0.15, -0.1) is 0 Å². The molecular formula is C14H23N2O3P. The summed E-state index contributed by atoms with van der Waals surface area (Å²) in [6, 6.07) is 9.88. The van der Waals surface area contributed by atoms with Gasteiger partial charge in [0.1, 0.15) is 0 Å². The van der Waals surface area contributed by atoms with E-state index in [1.807, 2.05) is 58.0 Å². The van der Waals surface area contributed by atoms with Gasteiger partial charge in [-0.2, -0.15) is 0 Å². The third-order valence-corrected chi connectivity index (χ3v) is 7.79. The summed E-state index contributed by atoms with van der Waals surface area (Å²) in [5.41, 5.74) is 0.0153. The number of hydrogen-bond acceptors (Lipinski definition) is 5. The Hall–Kier alpha value is -0.710. The van der Waals surface area contributed by atoms with Crippen molar-refractivity contribution in [3.05, 3.63) is 30.3 Å². The molecule has 2 heterocycles. The van der Waals surface area contributed by atoms with Crippen molar-refractivity contribution in [1.82, 2.24) is 5.09 Å². The Morgan fingerprint density at radius 3 is 2.15 bits per heavy atom. The van der Waals surface area contributed by atoms with Crippen LogP contribution in [0.5, 0.6) is 0 Å². The Morgan fingerprint density at radius 1 is 1.05 bits per heavy atom. The number of hydrogen-bond donors (Lipinski definition) is 2. The van der Waals surface area contributed by atoms with Gasteiger partial charge in [-0.25, -0.2) is 0 Å². The van der Waals surface area contributed by atoms with E-state index >= 15 is 0 Å². The third kappa shape index (κ3) is 2.05. The van der Waals surface area contributed by atoms with Crippen molar-refractivity contribution in [2.75, 3.05) is 18.2 Å². The fourth-order valence-electron chi connectivity index (χ4n) is 2.53. The van der Waals surface area contributed by atoms with Crippen molar-refractivity contribution in [1.29, 1.82) is 0 Å². The van der Waals surface area contributed by atoms with Crippen LogP contribution >= 0.6 is 7.59 Å². The van der Waals surface area contributed by atoms with Crippen molar-refractivity contribution >= 4 is 13.3 Å². The first-order chi connectivity index (χ1) is 9.26. The van der Waals surface area contributed by atoms with E-state index in [4.69, 9.17) is 13.6 Å². The van der Waals surface area contributed by atoms with Crippen LogP contribution in [0.1, 0.15) is 27.7 Å². The molecule has 0 aromatic heterocycles. The van der Waals surface area contributed by atoms with E-state index in [2.05, 4.69) is 10.2 Å². The summed E-state index contributed by atoms with van der Waals surface area (Å²) in [7, 11) is -3.52. The molecule has 2 saturated heterocycles. The molecule has 3 rings (SSSR count). The number of para-hydroxylation sites is 1. The quantitative estimate of drug-likeness (QED) is 0.819. The zero-order chi connectivity index (χ0) is 14.5. The van der Waals surface area contributed by atoms with Gasteiger partial charge in [0.2, 0.25) is 0 Å². The molecule has 0 saturated carbocycles. The maximum absolute atomic E-state index is 6.37. The normalized spacial score (nSPS) is 30.7. The van der Waals surface area contributed by atoms with Gasteiger partial charge in [0.05, 0.1) is 0 Å². The maximum atomic E-state index is 6.37. The van der Waals surface area contributed by atoms with Gasteiger partial charge >= 0.3 is 119 Å². The van der Waals surface area contributed by atoms with E-state index in [0.29, 0.717) is 13.2 Å². The van der Waals surface area contributed by atoms with Crippen molar-refractivity contribution in [2.24, 2.45) is 0 Å². The van der Waals surface area contributed by atoms with Gasteiger partial charge in [-0.1, -0.05) is 0 Å². The second-order valence-corrected chi connectivity index (χ2v) is 9.23. The predicted molar refractivity (Wildman–Crippen MR) is 81.3 cm³/mol. The van der Waals surface area contributed by atoms with Crippen molar-refractivity contribution < 1.29 is 13.6 Å². The monoisotopic (exact) mass is 298 g/mol. The van der Waals surface area contributed by atoms with E-state index < -0.39 is 18.8 Å². The Morgan fingerprint density at radius 2 is 1.65 bits per heavy atom. The summed E-state index contributed by atoms with van der Waals surface area (Å²) in [6.07, 6.45) is 0. The third-order valence-electron chi connectivity index (χ3n) is 4.15. The predicted octanol–water partition coefficient (Wildman–Crippen LogP) is 3.45. The van der Waals surface area contributed by atoms with Crippen molar-refractivity contribution in [3.8, 4) is 0 Å². The molecule has 2 fully saturated rings. The summed E-state index contributed by atoms with van der Waals surface area (Å²) in [4.78, 5) is 0. The van der Waals surface area contributed by atoms with Gasteiger partial charge in [0, 0.05) is 0 Å². The molecule has 0 bridgehead atoms. The number of rotatable bonds is 2. The summed E-state index contributed by atoms with van der Waals surface area (Å²) in [5.74, 6) is 0. The molecule has 0 aliphatic carbocycles.